The number of nitrogens with one attached hydrogen (secondary N) is 1. The first-order valence-electron chi connectivity index (χ1n) is 7.58. The maximum atomic E-state index is 12.3. The molecule has 1 heterocycles. The van der Waals surface area contributed by atoms with Crippen LogP contribution in [-0.2, 0) is 15.6 Å². The summed E-state index contributed by atoms with van der Waals surface area (Å²) in [6.07, 6.45) is 1.41. The molecule has 0 aromatic heterocycles. The van der Waals surface area contributed by atoms with E-state index in [-0.39, 0.29) is 17.7 Å². The number of carbonyl (C=O) groups is 2. The van der Waals surface area contributed by atoms with Gasteiger partial charge in [-0.05, 0) is 11.8 Å². The second-order valence-corrected chi connectivity index (χ2v) is 8.29. The number of hydrogen-bond donors (Lipinski definition) is 1. The predicted octanol–water partition coefficient (Wildman–Crippen LogP) is 2.31. The number of amides is 1. The standard InChI is InChI=1S/C17H23NO3S/c1-17(2,10-15(19)13-6-4-3-5-7-13)11-16(20)18-14-8-9-22(21)12-14/h3-7,14H,8-12H2,1-2H3,(H,18,20). The zero-order valence-electron chi connectivity index (χ0n) is 13.1. The van der Waals surface area contributed by atoms with Gasteiger partial charge in [0.15, 0.2) is 5.78 Å². The second kappa shape index (κ2) is 7.18. The fourth-order valence-corrected chi connectivity index (χ4v) is 4.13. The summed E-state index contributed by atoms with van der Waals surface area (Å²) in [5.41, 5.74) is 0.288. The van der Waals surface area contributed by atoms with Crippen molar-refractivity contribution in [3.63, 3.8) is 0 Å². The van der Waals surface area contributed by atoms with Crippen molar-refractivity contribution in [2.45, 2.75) is 39.2 Å². The Morgan fingerprint density at radius 2 is 1.91 bits per heavy atom. The first-order valence-corrected chi connectivity index (χ1v) is 9.07. The van der Waals surface area contributed by atoms with E-state index in [2.05, 4.69) is 5.32 Å². The van der Waals surface area contributed by atoms with Crippen LogP contribution in [0.15, 0.2) is 30.3 Å². The molecule has 1 fully saturated rings. The van der Waals surface area contributed by atoms with Crippen molar-refractivity contribution in [2.24, 2.45) is 5.41 Å². The highest BCUT2D eigenvalue weighted by atomic mass is 32.2. The molecular formula is C17H23NO3S. The lowest BCUT2D eigenvalue weighted by atomic mass is 9.82. The SMILES string of the molecule is CC(C)(CC(=O)NC1CCS(=O)C1)CC(=O)c1ccccc1. The molecule has 1 aliphatic rings. The summed E-state index contributed by atoms with van der Waals surface area (Å²) in [6, 6.07) is 9.17. The van der Waals surface area contributed by atoms with Crippen molar-refractivity contribution in [1.82, 2.24) is 5.32 Å². The van der Waals surface area contributed by atoms with Crippen molar-refractivity contribution < 1.29 is 13.8 Å². The van der Waals surface area contributed by atoms with Gasteiger partial charge in [0.2, 0.25) is 5.91 Å². The minimum absolute atomic E-state index is 0.0222. The molecular weight excluding hydrogens is 298 g/mol. The fraction of sp³-hybridized carbons (Fsp3) is 0.529. The van der Waals surface area contributed by atoms with Crippen LogP contribution in [0.25, 0.3) is 0 Å². The summed E-state index contributed by atoms with van der Waals surface area (Å²) in [7, 11) is -0.795. The summed E-state index contributed by atoms with van der Waals surface area (Å²) in [5.74, 6) is 1.21. The average molecular weight is 321 g/mol. The van der Waals surface area contributed by atoms with Crippen molar-refractivity contribution in [3.8, 4) is 0 Å². The molecule has 2 atom stereocenters. The van der Waals surface area contributed by atoms with E-state index in [1.54, 1.807) is 12.1 Å². The Kier molecular flexibility index (Phi) is 5.51. The third kappa shape index (κ3) is 5.05. The van der Waals surface area contributed by atoms with Gasteiger partial charge in [-0.1, -0.05) is 44.2 Å². The molecule has 0 radical (unpaired) electrons. The van der Waals surface area contributed by atoms with E-state index in [0.717, 1.165) is 6.42 Å². The summed E-state index contributed by atoms with van der Waals surface area (Å²) < 4.78 is 11.3. The van der Waals surface area contributed by atoms with Crippen molar-refractivity contribution >= 4 is 22.5 Å². The van der Waals surface area contributed by atoms with Gasteiger partial charge in [0, 0.05) is 46.8 Å². The Morgan fingerprint density at radius 1 is 1.23 bits per heavy atom. The number of Topliss-reactive ketones (excluding diaryl/α,β-unsaturated/α-hetero) is 1. The van der Waals surface area contributed by atoms with Crippen LogP contribution in [0.2, 0.25) is 0 Å². The Bertz CT molecular complexity index is 569. The van der Waals surface area contributed by atoms with Crippen LogP contribution >= 0.6 is 0 Å². The minimum atomic E-state index is -0.795. The molecule has 1 aliphatic heterocycles. The molecule has 120 valence electrons. The third-order valence-electron chi connectivity index (χ3n) is 3.82. The van der Waals surface area contributed by atoms with Crippen LogP contribution in [0.3, 0.4) is 0 Å². The van der Waals surface area contributed by atoms with Crippen LogP contribution in [0.5, 0.6) is 0 Å². The van der Waals surface area contributed by atoms with E-state index in [9.17, 15) is 13.8 Å². The van der Waals surface area contributed by atoms with E-state index in [4.69, 9.17) is 0 Å². The zero-order chi connectivity index (χ0) is 16.2. The zero-order valence-corrected chi connectivity index (χ0v) is 13.9. The predicted molar refractivity (Wildman–Crippen MR) is 88.2 cm³/mol. The quantitative estimate of drug-likeness (QED) is 0.818. The van der Waals surface area contributed by atoms with E-state index in [1.165, 1.54) is 0 Å². The number of rotatable bonds is 6. The normalized spacial score (nSPS) is 21.5. The van der Waals surface area contributed by atoms with Gasteiger partial charge in [-0.25, -0.2) is 0 Å². The molecule has 0 spiro atoms. The maximum Gasteiger partial charge on any atom is 0.220 e. The molecule has 1 N–H and O–H groups in total. The van der Waals surface area contributed by atoms with Crippen LogP contribution in [0, 0.1) is 5.41 Å². The molecule has 2 rings (SSSR count). The fourth-order valence-electron chi connectivity index (χ4n) is 2.72. The van der Waals surface area contributed by atoms with Crippen LogP contribution in [0.1, 0.15) is 43.5 Å². The van der Waals surface area contributed by atoms with Crippen LogP contribution in [-0.4, -0.2) is 33.4 Å². The molecule has 2 unspecified atom stereocenters. The number of benzene rings is 1. The lowest BCUT2D eigenvalue weighted by molar-refractivity contribution is -0.123. The Hall–Kier alpha value is -1.49. The molecule has 22 heavy (non-hydrogen) atoms. The van der Waals surface area contributed by atoms with Crippen molar-refractivity contribution in [3.05, 3.63) is 35.9 Å². The van der Waals surface area contributed by atoms with Crippen LogP contribution in [0.4, 0.5) is 0 Å². The highest BCUT2D eigenvalue weighted by Gasteiger charge is 2.28. The van der Waals surface area contributed by atoms with Gasteiger partial charge in [-0.2, -0.15) is 0 Å². The van der Waals surface area contributed by atoms with Gasteiger partial charge in [0.05, 0.1) is 0 Å². The third-order valence-corrected chi connectivity index (χ3v) is 5.29. The Balaban J connectivity index is 1.86. The van der Waals surface area contributed by atoms with E-state index >= 15 is 0 Å². The molecule has 1 aromatic rings. The first-order chi connectivity index (χ1) is 10.4. The average Bonchev–Trinajstić information content (AvgIpc) is 2.83. The summed E-state index contributed by atoms with van der Waals surface area (Å²) in [4.78, 5) is 24.4. The summed E-state index contributed by atoms with van der Waals surface area (Å²) in [5, 5.41) is 2.94. The highest BCUT2D eigenvalue weighted by Crippen LogP contribution is 2.27. The highest BCUT2D eigenvalue weighted by molar-refractivity contribution is 7.85. The molecule has 0 aliphatic carbocycles. The maximum absolute atomic E-state index is 12.3. The van der Waals surface area contributed by atoms with Crippen molar-refractivity contribution in [1.29, 1.82) is 0 Å². The molecule has 1 saturated heterocycles. The van der Waals surface area contributed by atoms with Crippen LogP contribution < -0.4 is 5.32 Å². The number of carbonyl (C=O) groups excluding carboxylic acids is 2. The van der Waals surface area contributed by atoms with Gasteiger partial charge >= 0.3 is 0 Å². The number of hydrogen-bond acceptors (Lipinski definition) is 3. The van der Waals surface area contributed by atoms with Gasteiger partial charge in [-0.15, -0.1) is 0 Å². The number of ketones is 1. The molecule has 0 bridgehead atoms. The van der Waals surface area contributed by atoms with Crippen molar-refractivity contribution in [2.75, 3.05) is 11.5 Å². The van der Waals surface area contributed by atoms with E-state index in [1.807, 2.05) is 32.0 Å². The lowest BCUT2D eigenvalue weighted by Crippen LogP contribution is -2.38. The van der Waals surface area contributed by atoms with Gasteiger partial charge in [0.1, 0.15) is 0 Å². The van der Waals surface area contributed by atoms with Gasteiger partial charge < -0.3 is 5.32 Å². The largest absolute Gasteiger partial charge is 0.352 e. The molecule has 0 saturated carbocycles. The Labute approximate surface area is 134 Å². The lowest BCUT2D eigenvalue weighted by Gasteiger charge is -2.24. The summed E-state index contributed by atoms with van der Waals surface area (Å²) >= 11 is 0. The summed E-state index contributed by atoms with van der Waals surface area (Å²) in [6.45, 7) is 3.86. The molecule has 5 heteroatoms. The topological polar surface area (TPSA) is 63.2 Å². The van der Waals surface area contributed by atoms with E-state index in [0.29, 0.717) is 29.9 Å². The minimum Gasteiger partial charge on any atom is -0.352 e. The monoisotopic (exact) mass is 321 g/mol. The van der Waals surface area contributed by atoms with Gasteiger partial charge in [-0.3, -0.25) is 13.8 Å². The molecule has 4 nitrogen and oxygen atoms in total. The van der Waals surface area contributed by atoms with E-state index < -0.39 is 16.2 Å². The smallest absolute Gasteiger partial charge is 0.220 e. The Morgan fingerprint density at radius 3 is 2.50 bits per heavy atom. The first kappa shape index (κ1) is 16.9. The molecule has 1 aromatic carbocycles. The molecule has 1 amide bonds. The second-order valence-electron chi connectivity index (χ2n) is 6.67. The van der Waals surface area contributed by atoms with Gasteiger partial charge in [0.25, 0.3) is 0 Å².